The molecule has 0 aliphatic rings. The number of halogens is 1. The Morgan fingerprint density at radius 1 is 1.47 bits per heavy atom. The molecule has 0 spiro atoms. The maximum absolute atomic E-state index is 11.9. The summed E-state index contributed by atoms with van der Waals surface area (Å²) < 4.78 is 5.41. The molecule has 0 aliphatic carbocycles. The lowest BCUT2D eigenvalue weighted by Crippen LogP contribution is -2.44. The molecule has 1 atom stereocenters. The zero-order valence-corrected chi connectivity index (χ0v) is 11.6. The predicted octanol–water partition coefficient (Wildman–Crippen LogP) is 1.95. The van der Waals surface area contributed by atoms with Crippen LogP contribution in [0.4, 0.5) is 0 Å². The van der Waals surface area contributed by atoms with Crippen molar-refractivity contribution in [1.82, 2.24) is 4.90 Å². The van der Waals surface area contributed by atoms with E-state index in [-0.39, 0.29) is 24.2 Å². The maximum Gasteiger partial charge on any atom is 0.239 e. The number of carbonyl (C=O) groups excluding carboxylic acids is 1. The van der Waals surface area contributed by atoms with E-state index < -0.39 is 6.04 Å². The van der Waals surface area contributed by atoms with Gasteiger partial charge in [-0.2, -0.15) is 0 Å². The molecule has 0 saturated carbocycles. The number of nitrogens with zero attached hydrogens (tertiary/aromatic N) is 1. The Balaban J connectivity index is 0.00000256. The van der Waals surface area contributed by atoms with Gasteiger partial charge < -0.3 is 15.1 Å². The zero-order chi connectivity index (χ0) is 12.3. The van der Waals surface area contributed by atoms with Crippen molar-refractivity contribution in [2.45, 2.75) is 33.4 Å². The van der Waals surface area contributed by atoms with E-state index in [1.807, 2.05) is 32.9 Å². The summed E-state index contributed by atoms with van der Waals surface area (Å²) in [5, 5.41) is 0. The summed E-state index contributed by atoms with van der Waals surface area (Å²) in [6.07, 6.45) is 0. The lowest BCUT2D eigenvalue weighted by molar-refractivity contribution is -0.133. The molecule has 2 N–H and O–H groups in total. The molecule has 5 heteroatoms. The predicted molar refractivity (Wildman–Crippen MR) is 70.0 cm³/mol. The van der Waals surface area contributed by atoms with E-state index in [0.29, 0.717) is 6.54 Å². The van der Waals surface area contributed by atoms with Gasteiger partial charge in [0.15, 0.2) is 0 Å². The van der Waals surface area contributed by atoms with Gasteiger partial charge in [0.1, 0.15) is 11.5 Å². The Morgan fingerprint density at radius 2 is 2.06 bits per heavy atom. The average Bonchev–Trinajstić information content (AvgIpc) is 2.61. The summed E-state index contributed by atoms with van der Waals surface area (Å²) in [5.74, 6) is 1.73. The van der Waals surface area contributed by atoms with Crippen molar-refractivity contribution in [3.8, 4) is 0 Å². The molecule has 0 saturated heterocycles. The Hall–Kier alpha value is -1.00. The van der Waals surface area contributed by atoms with Crippen molar-refractivity contribution >= 4 is 18.3 Å². The third kappa shape index (κ3) is 4.40. The molecule has 1 aromatic rings. The van der Waals surface area contributed by atoms with Crippen LogP contribution in [0.25, 0.3) is 0 Å². The summed E-state index contributed by atoms with van der Waals surface area (Å²) in [6.45, 7) is 6.22. The minimum atomic E-state index is -0.443. The van der Waals surface area contributed by atoms with E-state index in [4.69, 9.17) is 10.2 Å². The number of rotatable bonds is 4. The van der Waals surface area contributed by atoms with Crippen LogP contribution >= 0.6 is 12.4 Å². The fourth-order valence-corrected chi connectivity index (χ4v) is 1.42. The van der Waals surface area contributed by atoms with Crippen LogP contribution in [0.15, 0.2) is 16.5 Å². The largest absolute Gasteiger partial charge is 0.464 e. The first kappa shape index (κ1) is 16.0. The van der Waals surface area contributed by atoms with Crippen molar-refractivity contribution < 1.29 is 9.21 Å². The molecule has 1 rings (SSSR count). The van der Waals surface area contributed by atoms with Gasteiger partial charge in [-0.25, -0.2) is 0 Å². The van der Waals surface area contributed by atoms with Crippen molar-refractivity contribution in [1.29, 1.82) is 0 Å². The molecule has 0 bridgehead atoms. The van der Waals surface area contributed by atoms with Crippen molar-refractivity contribution in [2.75, 3.05) is 7.05 Å². The molecule has 1 heterocycles. The van der Waals surface area contributed by atoms with E-state index in [0.717, 1.165) is 11.5 Å². The van der Waals surface area contributed by atoms with Crippen LogP contribution in [0.1, 0.15) is 25.4 Å². The molecule has 1 aromatic heterocycles. The van der Waals surface area contributed by atoms with E-state index in [2.05, 4.69) is 0 Å². The lowest BCUT2D eigenvalue weighted by atomic mass is 10.0. The molecule has 0 aliphatic heterocycles. The fraction of sp³-hybridized carbons (Fsp3) is 0.583. The van der Waals surface area contributed by atoms with Gasteiger partial charge in [-0.15, -0.1) is 12.4 Å². The standard InChI is InChI=1S/C12H20N2O2.ClH/c1-8(2)11(13)12(15)14(4)7-10-6-5-9(3)16-10;/h5-6,8,11H,7,13H2,1-4H3;1H. The van der Waals surface area contributed by atoms with Gasteiger partial charge in [0.2, 0.25) is 5.91 Å². The second-order valence-electron chi connectivity index (χ2n) is 4.48. The summed E-state index contributed by atoms with van der Waals surface area (Å²) in [5.41, 5.74) is 5.80. The van der Waals surface area contributed by atoms with Crippen LogP contribution in [-0.4, -0.2) is 23.9 Å². The van der Waals surface area contributed by atoms with Crippen LogP contribution in [0.3, 0.4) is 0 Å². The first-order chi connectivity index (χ1) is 7.41. The van der Waals surface area contributed by atoms with E-state index >= 15 is 0 Å². The number of furan rings is 1. The number of hydrogen-bond acceptors (Lipinski definition) is 3. The average molecular weight is 261 g/mol. The van der Waals surface area contributed by atoms with Gasteiger partial charge in [0.25, 0.3) is 0 Å². The molecular weight excluding hydrogens is 240 g/mol. The van der Waals surface area contributed by atoms with Crippen molar-refractivity contribution in [3.05, 3.63) is 23.7 Å². The zero-order valence-electron chi connectivity index (χ0n) is 10.8. The van der Waals surface area contributed by atoms with Crippen LogP contribution in [0, 0.1) is 12.8 Å². The Labute approximate surface area is 109 Å². The van der Waals surface area contributed by atoms with Crippen LogP contribution in [0.5, 0.6) is 0 Å². The van der Waals surface area contributed by atoms with Crippen molar-refractivity contribution in [2.24, 2.45) is 11.7 Å². The van der Waals surface area contributed by atoms with Gasteiger partial charge in [-0.05, 0) is 25.0 Å². The molecule has 0 aromatic carbocycles. The molecule has 98 valence electrons. The lowest BCUT2D eigenvalue weighted by Gasteiger charge is -2.22. The summed E-state index contributed by atoms with van der Waals surface area (Å²) in [7, 11) is 1.74. The first-order valence-corrected chi connectivity index (χ1v) is 5.47. The number of likely N-dealkylation sites (N-methyl/N-ethyl adjacent to an activating group) is 1. The Kier molecular flexibility index (Phi) is 6.27. The third-order valence-corrected chi connectivity index (χ3v) is 2.57. The molecule has 1 unspecified atom stereocenters. The fourth-order valence-electron chi connectivity index (χ4n) is 1.42. The Morgan fingerprint density at radius 3 is 2.47 bits per heavy atom. The summed E-state index contributed by atoms with van der Waals surface area (Å²) in [6, 6.07) is 3.32. The number of aryl methyl sites for hydroxylation is 1. The summed E-state index contributed by atoms with van der Waals surface area (Å²) >= 11 is 0. The molecule has 0 fully saturated rings. The Bertz CT molecular complexity index is 363. The molecule has 17 heavy (non-hydrogen) atoms. The number of amides is 1. The van der Waals surface area contributed by atoms with Gasteiger partial charge in [-0.1, -0.05) is 13.8 Å². The van der Waals surface area contributed by atoms with Gasteiger partial charge in [0, 0.05) is 7.05 Å². The minimum absolute atomic E-state index is 0. The van der Waals surface area contributed by atoms with Gasteiger partial charge in [-0.3, -0.25) is 4.79 Å². The maximum atomic E-state index is 11.9. The number of carbonyl (C=O) groups is 1. The molecular formula is C12H21ClN2O2. The van der Waals surface area contributed by atoms with E-state index in [9.17, 15) is 4.79 Å². The smallest absolute Gasteiger partial charge is 0.239 e. The molecule has 1 amide bonds. The highest BCUT2D eigenvalue weighted by molar-refractivity contribution is 5.85. The highest BCUT2D eigenvalue weighted by atomic mass is 35.5. The topological polar surface area (TPSA) is 59.5 Å². The second kappa shape index (κ2) is 6.67. The summed E-state index contributed by atoms with van der Waals surface area (Å²) in [4.78, 5) is 13.5. The van der Waals surface area contributed by atoms with Crippen LogP contribution in [0.2, 0.25) is 0 Å². The van der Waals surface area contributed by atoms with Crippen molar-refractivity contribution in [3.63, 3.8) is 0 Å². The highest BCUT2D eigenvalue weighted by Gasteiger charge is 2.21. The van der Waals surface area contributed by atoms with E-state index in [1.54, 1.807) is 11.9 Å². The van der Waals surface area contributed by atoms with Gasteiger partial charge >= 0.3 is 0 Å². The first-order valence-electron chi connectivity index (χ1n) is 5.47. The minimum Gasteiger partial charge on any atom is -0.464 e. The van der Waals surface area contributed by atoms with E-state index in [1.165, 1.54) is 0 Å². The molecule has 0 radical (unpaired) electrons. The quantitative estimate of drug-likeness (QED) is 0.900. The number of hydrogen-bond donors (Lipinski definition) is 1. The normalized spacial score (nSPS) is 12.1. The van der Waals surface area contributed by atoms with Crippen LogP contribution < -0.4 is 5.73 Å². The monoisotopic (exact) mass is 260 g/mol. The number of nitrogens with two attached hydrogens (primary N) is 1. The highest BCUT2D eigenvalue weighted by Crippen LogP contribution is 2.10. The third-order valence-electron chi connectivity index (χ3n) is 2.57. The second-order valence-corrected chi connectivity index (χ2v) is 4.48. The van der Waals surface area contributed by atoms with Crippen LogP contribution in [-0.2, 0) is 11.3 Å². The SMILES string of the molecule is Cc1ccc(CN(C)C(=O)C(N)C(C)C)o1.Cl. The van der Waals surface area contributed by atoms with Gasteiger partial charge in [0.05, 0.1) is 12.6 Å². The molecule has 4 nitrogen and oxygen atoms in total.